The zero-order valence-corrected chi connectivity index (χ0v) is 14.7. The van der Waals surface area contributed by atoms with E-state index < -0.39 is 5.82 Å². The molecule has 25 heavy (non-hydrogen) atoms. The van der Waals surface area contributed by atoms with Crippen molar-refractivity contribution in [3.8, 4) is 0 Å². The molecule has 128 valence electrons. The van der Waals surface area contributed by atoms with Gasteiger partial charge in [-0.05, 0) is 42.8 Å². The van der Waals surface area contributed by atoms with E-state index in [1.807, 2.05) is 19.1 Å². The molecule has 0 saturated heterocycles. The molecule has 0 unspecified atom stereocenters. The van der Waals surface area contributed by atoms with Crippen molar-refractivity contribution in [1.82, 2.24) is 9.97 Å². The van der Waals surface area contributed by atoms with E-state index in [-0.39, 0.29) is 5.02 Å². The van der Waals surface area contributed by atoms with E-state index in [2.05, 4.69) is 20.6 Å². The van der Waals surface area contributed by atoms with Crippen LogP contribution in [0, 0.1) is 12.7 Å². The molecule has 0 bridgehead atoms. The molecule has 0 aliphatic rings. The van der Waals surface area contributed by atoms with Crippen LogP contribution in [0.15, 0.2) is 42.7 Å². The molecular weight excluding hydrogens is 364 g/mol. The standard InChI is InChI=1S/C17H14Cl2FN5/c1-9-2-3-10(6-12(9)18)24-16-15(21)17(23-8-22-16)25-11-4-5-14(20)13(19)7-11/h2-8H,21H2,1H3,(H2,22,23,24,25). The molecule has 1 aromatic heterocycles. The Morgan fingerprint density at radius 2 is 1.48 bits per heavy atom. The topological polar surface area (TPSA) is 75.9 Å². The van der Waals surface area contributed by atoms with E-state index in [0.717, 1.165) is 11.3 Å². The Hall–Kier alpha value is -2.57. The van der Waals surface area contributed by atoms with Crippen LogP contribution in [0.5, 0.6) is 0 Å². The maximum Gasteiger partial charge on any atom is 0.159 e. The highest BCUT2D eigenvalue weighted by Gasteiger charge is 2.10. The molecule has 3 aromatic rings. The lowest BCUT2D eigenvalue weighted by Crippen LogP contribution is -2.05. The quantitative estimate of drug-likeness (QED) is 0.574. The molecule has 0 radical (unpaired) electrons. The number of nitrogens with two attached hydrogens (primary N) is 1. The Labute approximate surface area is 154 Å². The van der Waals surface area contributed by atoms with Crippen molar-refractivity contribution >= 4 is 51.9 Å². The maximum absolute atomic E-state index is 13.3. The summed E-state index contributed by atoms with van der Waals surface area (Å²) in [6.07, 6.45) is 1.36. The highest BCUT2D eigenvalue weighted by atomic mass is 35.5. The van der Waals surface area contributed by atoms with E-state index in [0.29, 0.717) is 28.0 Å². The van der Waals surface area contributed by atoms with E-state index >= 15 is 0 Å². The number of rotatable bonds is 4. The molecule has 4 N–H and O–H groups in total. The molecule has 0 fully saturated rings. The molecule has 0 aliphatic heterocycles. The Morgan fingerprint density at radius 1 is 0.920 bits per heavy atom. The number of nitrogens with zero attached hydrogens (tertiary/aromatic N) is 2. The SMILES string of the molecule is Cc1ccc(Nc2ncnc(Nc3ccc(F)c(Cl)c3)c2N)cc1Cl. The number of hydrogen-bond acceptors (Lipinski definition) is 5. The van der Waals surface area contributed by atoms with Crippen LogP contribution in [0.3, 0.4) is 0 Å². The summed E-state index contributed by atoms with van der Waals surface area (Å²) in [7, 11) is 0. The second-order valence-corrected chi connectivity index (χ2v) is 6.14. The zero-order valence-electron chi connectivity index (χ0n) is 13.1. The highest BCUT2D eigenvalue weighted by Crippen LogP contribution is 2.30. The van der Waals surface area contributed by atoms with Gasteiger partial charge < -0.3 is 16.4 Å². The Bertz CT molecular complexity index is 861. The molecule has 0 spiro atoms. The Kier molecular flexibility index (Phi) is 4.92. The maximum atomic E-state index is 13.3. The third kappa shape index (κ3) is 3.92. The fraction of sp³-hybridized carbons (Fsp3) is 0.0588. The summed E-state index contributed by atoms with van der Waals surface area (Å²) in [5.74, 6) is 0.297. The monoisotopic (exact) mass is 377 g/mol. The molecule has 0 atom stereocenters. The van der Waals surface area contributed by atoms with Crippen molar-refractivity contribution in [1.29, 1.82) is 0 Å². The first-order valence-electron chi connectivity index (χ1n) is 7.30. The number of nitrogen functional groups attached to an aromatic ring is 1. The van der Waals surface area contributed by atoms with Gasteiger partial charge in [0.2, 0.25) is 0 Å². The minimum Gasteiger partial charge on any atom is -0.393 e. The van der Waals surface area contributed by atoms with Crippen molar-refractivity contribution < 1.29 is 4.39 Å². The minimum atomic E-state index is -0.499. The van der Waals surface area contributed by atoms with E-state index in [4.69, 9.17) is 28.9 Å². The van der Waals surface area contributed by atoms with Crippen LogP contribution in [-0.4, -0.2) is 9.97 Å². The van der Waals surface area contributed by atoms with Crippen molar-refractivity contribution in [3.63, 3.8) is 0 Å². The Balaban J connectivity index is 1.86. The molecular formula is C17H14Cl2FN5. The van der Waals surface area contributed by atoms with E-state index in [1.54, 1.807) is 6.07 Å². The predicted molar refractivity (Wildman–Crippen MR) is 101 cm³/mol. The fourth-order valence-electron chi connectivity index (χ4n) is 2.11. The number of halogens is 3. The summed E-state index contributed by atoms with van der Waals surface area (Å²) in [6.45, 7) is 1.92. The van der Waals surface area contributed by atoms with Gasteiger partial charge in [0.25, 0.3) is 0 Å². The average Bonchev–Trinajstić information content (AvgIpc) is 2.58. The molecule has 5 nitrogen and oxygen atoms in total. The highest BCUT2D eigenvalue weighted by molar-refractivity contribution is 6.31. The molecule has 0 amide bonds. The number of aromatic nitrogens is 2. The first-order chi connectivity index (χ1) is 11.9. The number of anilines is 5. The second kappa shape index (κ2) is 7.13. The fourth-order valence-corrected chi connectivity index (χ4v) is 2.47. The van der Waals surface area contributed by atoms with Gasteiger partial charge in [0.15, 0.2) is 11.6 Å². The van der Waals surface area contributed by atoms with Crippen LogP contribution >= 0.6 is 23.2 Å². The average molecular weight is 378 g/mol. The van der Waals surface area contributed by atoms with Gasteiger partial charge in [0.1, 0.15) is 17.8 Å². The van der Waals surface area contributed by atoms with Crippen molar-refractivity contribution in [3.05, 3.63) is 64.2 Å². The van der Waals surface area contributed by atoms with E-state index in [1.165, 1.54) is 24.5 Å². The summed E-state index contributed by atoms with van der Waals surface area (Å²) < 4.78 is 13.3. The lowest BCUT2D eigenvalue weighted by atomic mass is 10.2. The third-order valence-electron chi connectivity index (χ3n) is 3.50. The van der Waals surface area contributed by atoms with Crippen molar-refractivity contribution in [2.45, 2.75) is 6.92 Å². The summed E-state index contributed by atoms with van der Waals surface area (Å²) in [5.41, 5.74) is 8.70. The van der Waals surface area contributed by atoms with Crippen LogP contribution in [0.4, 0.5) is 33.1 Å². The Morgan fingerprint density at radius 3 is 2.04 bits per heavy atom. The molecule has 8 heteroatoms. The summed E-state index contributed by atoms with van der Waals surface area (Å²) in [4.78, 5) is 8.25. The van der Waals surface area contributed by atoms with Crippen molar-refractivity contribution in [2.24, 2.45) is 0 Å². The summed E-state index contributed by atoms with van der Waals surface area (Å²) in [6, 6.07) is 9.79. The van der Waals surface area contributed by atoms with Crippen LogP contribution in [0.25, 0.3) is 0 Å². The van der Waals surface area contributed by atoms with Crippen molar-refractivity contribution in [2.75, 3.05) is 16.4 Å². The predicted octanol–water partition coefficient (Wildman–Crippen LogP) is 5.30. The van der Waals surface area contributed by atoms with Gasteiger partial charge in [-0.3, -0.25) is 0 Å². The van der Waals surface area contributed by atoms with Gasteiger partial charge in [-0.25, -0.2) is 14.4 Å². The van der Waals surface area contributed by atoms with Gasteiger partial charge in [-0.1, -0.05) is 29.3 Å². The van der Waals surface area contributed by atoms with E-state index in [9.17, 15) is 4.39 Å². The van der Waals surface area contributed by atoms with Crippen LogP contribution in [0.2, 0.25) is 10.0 Å². The largest absolute Gasteiger partial charge is 0.393 e. The van der Waals surface area contributed by atoms with Crippen LogP contribution in [0.1, 0.15) is 5.56 Å². The second-order valence-electron chi connectivity index (χ2n) is 5.33. The molecule has 0 saturated carbocycles. The van der Waals surface area contributed by atoms with Crippen LogP contribution in [-0.2, 0) is 0 Å². The zero-order chi connectivity index (χ0) is 18.0. The van der Waals surface area contributed by atoms with Gasteiger partial charge >= 0.3 is 0 Å². The first-order valence-corrected chi connectivity index (χ1v) is 8.05. The lowest BCUT2D eigenvalue weighted by molar-refractivity contribution is 0.628. The number of hydrogen-bond donors (Lipinski definition) is 3. The number of nitrogens with one attached hydrogen (secondary N) is 2. The van der Waals surface area contributed by atoms with Gasteiger partial charge in [-0.2, -0.15) is 0 Å². The number of benzene rings is 2. The lowest BCUT2D eigenvalue weighted by Gasteiger charge is -2.13. The molecule has 3 rings (SSSR count). The van der Waals surface area contributed by atoms with Gasteiger partial charge in [0, 0.05) is 16.4 Å². The normalized spacial score (nSPS) is 10.6. The third-order valence-corrected chi connectivity index (χ3v) is 4.20. The molecule has 2 aromatic carbocycles. The van der Waals surface area contributed by atoms with Gasteiger partial charge in [-0.15, -0.1) is 0 Å². The minimum absolute atomic E-state index is 0.00488. The summed E-state index contributed by atoms with van der Waals surface area (Å²) in [5, 5.41) is 6.73. The number of aryl methyl sites for hydroxylation is 1. The smallest absolute Gasteiger partial charge is 0.159 e. The molecule has 1 heterocycles. The first kappa shape index (κ1) is 17.3. The van der Waals surface area contributed by atoms with Crippen LogP contribution < -0.4 is 16.4 Å². The molecule has 0 aliphatic carbocycles. The summed E-state index contributed by atoms with van der Waals surface area (Å²) >= 11 is 11.9. The van der Waals surface area contributed by atoms with Gasteiger partial charge in [0.05, 0.1) is 5.02 Å².